The second kappa shape index (κ2) is 16.8. The minimum Gasteiger partial charge on any atom is -0.459 e. The van der Waals surface area contributed by atoms with Crippen molar-refractivity contribution >= 4 is 35.6 Å². The number of ketones is 1. The summed E-state index contributed by atoms with van der Waals surface area (Å²) in [5.41, 5.74) is -6.76. The van der Waals surface area contributed by atoms with Crippen LogP contribution in [0.15, 0.2) is 22.8 Å². The Morgan fingerprint density at radius 3 is 2.31 bits per heavy atom. The molecule has 4 rings (SSSR count). The van der Waals surface area contributed by atoms with E-state index >= 15 is 0 Å². The Morgan fingerprint density at radius 2 is 1.78 bits per heavy atom. The van der Waals surface area contributed by atoms with E-state index in [-0.39, 0.29) is 124 Å². The average molecular weight is 1140 g/mol. The normalized spacial score (nSPS) is 37.3. The molecule has 1 aliphatic heterocycles. The van der Waals surface area contributed by atoms with Gasteiger partial charge in [0.15, 0.2) is 11.9 Å². The molecule has 3 aliphatic carbocycles. The van der Waals surface area contributed by atoms with Gasteiger partial charge >= 0.3 is 18.0 Å². The van der Waals surface area contributed by atoms with Gasteiger partial charge in [-0.3, -0.25) is 9.59 Å². The molecule has 270 valence electrons. The molecule has 0 unspecified atom stereocenters. The van der Waals surface area contributed by atoms with Gasteiger partial charge in [-0.1, -0.05) is 25.5 Å². The zero-order valence-electron chi connectivity index (χ0n) is 29.8. The van der Waals surface area contributed by atoms with Crippen molar-refractivity contribution in [1.29, 1.82) is 0 Å². The Kier molecular flexibility index (Phi) is 15.0. The fourth-order valence-electron chi connectivity index (χ4n) is 8.00. The van der Waals surface area contributed by atoms with E-state index in [1.54, 1.807) is 13.8 Å². The molecule has 14 nitrogen and oxygen atoms in total. The topological polar surface area (TPSA) is 218 Å². The molecule has 0 aromatic rings. The van der Waals surface area contributed by atoms with Gasteiger partial charge in [0.1, 0.15) is 35.5 Å². The molecule has 1 amide bonds. The number of allylic oxidation sites excluding steroid dienone is 1. The Bertz CT molecular complexity index is 1400. The quantitative estimate of drug-likeness (QED) is 0.0643. The Balaban J connectivity index is 0.00000433. The van der Waals surface area contributed by atoms with Crippen LogP contribution in [0.1, 0.15) is 62.7 Å². The maximum absolute atomic E-state index is 14.3. The van der Waals surface area contributed by atoms with Gasteiger partial charge in [-0.25, -0.2) is 9.59 Å². The van der Waals surface area contributed by atoms with Crippen LogP contribution >= 0.6 is 11.8 Å². The minimum atomic E-state index is -2.24. The smallest absolute Gasteiger partial charge is 0.408 e. The molecule has 49 heavy (non-hydrogen) atoms. The largest absolute Gasteiger partial charge is 0.459 e. The molecular weight excluding hydrogens is 1090 g/mol. The van der Waals surface area contributed by atoms with Gasteiger partial charge in [0.2, 0.25) is 0 Å². The van der Waals surface area contributed by atoms with Crippen molar-refractivity contribution in [3.63, 3.8) is 0 Å². The van der Waals surface area contributed by atoms with Gasteiger partial charge < -0.3 is 49.8 Å². The van der Waals surface area contributed by atoms with Crippen molar-refractivity contribution in [3.05, 3.63) is 22.8 Å². The monoisotopic (exact) mass is 1140 g/mol. The molecule has 2 bridgehead atoms. The molecule has 0 aromatic carbocycles. The van der Waals surface area contributed by atoms with Crippen LogP contribution in [0.25, 0.3) is 0 Å². The molecule has 0 aromatic heterocycles. The van der Waals surface area contributed by atoms with E-state index in [9.17, 15) is 44.7 Å². The number of aliphatic hydroxyl groups is 5. The maximum atomic E-state index is 14.3. The Morgan fingerprint density at radius 1 is 1.14 bits per heavy atom. The predicted octanol–water partition coefficient (Wildman–Crippen LogP) is 0.510. The number of rotatable bonds is 8. The number of Topliss-reactive ketones (excluding diaryl/α,β-unsaturated/α-hetero) is 1. The number of hydrogen-bond acceptors (Lipinski definition) is 14. The molecule has 1 heterocycles. The Labute approximate surface area is 363 Å². The molecule has 11 atom stereocenters. The zero-order chi connectivity index (χ0) is 36.1. The van der Waals surface area contributed by atoms with Crippen LogP contribution in [0, 0.1) is 105 Å². The minimum absolute atomic E-state index is 0. The number of aliphatic hydroxyl groups excluding tert-OH is 3. The Hall–Kier alpha value is 0.353. The summed E-state index contributed by atoms with van der Waals surface area (Å²) >= 11 is 1.01. The van der Waals surface area contributed by atoms with Crippen LogP contribution in [0.3, 0.4) is 0 Å². The molecular formula is C32H47Ac2NO13S. The van der Waals surface area contributed by atoms with Gasteiger partial charge in [-0.2, -0.15) is 0 Å². The van der Waals surface area contributed by atoms with Crippen LogP contribution in [0.4, 0.5) is 4.79 Å². The second-order valence-corrected chi connectivity index (χ2v) is 14.6. The third-order valence-corrected chi connectivity index (χ3v) is 10.9. The van der Waals surface area contributed by atoms with Crippen molar-refractivity contribution in [2.45, 2.75) is 115 Å². The van der Waals surface area contributed by atoms with Crippen LogP contribution in [0.5, 0.6) is 0 Å². The zero-order valence-corrected chi connectivity index (χ0v) is 39.1. The number of esters is 2. The first-order valence-electron chi connectivity index (χ1n) is 16.1. The second-order valence-electron chi connectivity index (χ2n) is 14.0. The number of nitrogens with one attached hydrogen (secondary N) is 1. The summed E-state index contributed by atoms with van der Waals surface area (Å²) in [6.45, 7) is 10.1. The number of carbonyl (C=O) groups is 4. The molecule has 0 spiro atoms. The molecule has 4 aliphatic rings. The first-order valence-corrected chi connectivity index (χ1v) is 16.5. The molecule has 2 saturated carbocycles. The summed E-state index contributed by atoms with van der Waals surface area (Å²) in [7, 11) is 0. The number of ether oxygens (including phenoxy) is 4. The van der Waals surface area contributed by atoms with Crippen molar-refractivity contribution in [3.8, 4) is 0 Å². The molecule has 1 saturated heterocycles. The summed E-state index contributed by atoms with van der Waals surface area (Å²) in [6.07, 6.45) is -9.64. The first-order chi connectivity index (χ1) is 22.2. The van der Waals surface area contributed by atoms with E-state index in [1.165, 1.54) is 33.8 Å². The number of amides is 1. The van der Waals surface area contributed by atoms with Gasteiger partial charge in [0, 0.05) is 121 Å². The number of alkyl carbamates (subject to hydrolysis) is 1. The molecule has 2 radical (unpaired) electrons. The average Bonchev–Trinajstić information content (AvgIpc) is 2.98. The number of fused-ring (bicyclic) bond motifs is 5. The van der Waals surface area contributed by atoms with E-state index in [4.69, 9.17) is 20.3 Å². The van der Waals surface area contributed by atoms with E-state index in [0.717, 1.165) is 18.7 Å². The predicted molar refractivity (Wildman–Crippen MR) is 167 cm³/mol. The van der Waals surface area contributed by atoms with E-state index in [0.29, 0.717) is 5.57 Å². The van der Waals surface area contributed by atoms with Crippen LogP contribution < -0.4 is 5.32 Å². The summed E-state index contributed by atoms with van der Waals surface area (Å²) in [5.74, 6) is -4.57. The fourth-order valence-corrected chi connectivity index (χ4v) is 8.19. The van der Waals surface area contributed by atoms with Crippen molar-refractivity contribution in [2.75, 3.05) is 18.8 Å². The molecule has 6 N–H and O–H groups in total. The van der Waals surface area contributed by atoms with Gasteiger partial charge in [0.25, 0.3) is 0 Å². The van der Waals surface area contributed by atoms with Crippen molar-refractivity contribution < 1.29 is 153 Å². The summed E-state index contributed by atoms with van der Waals surface area (Å²) in [6, 6.07) is -1.31. The molecule has 17 heteroatoms. The third kappa shape index (κ3) is 7.94. The van der Waals surface area contributed by atoms with E-state index in [1.807, 2.05) is 0 Å². The van der Waals surface area contributed by atoms with E-state index < -0.39 is 101 Å². The summed E-state index contributed by atoms with van der Waals surface area (Å²) < 4.78 is 29.2. The first kappa shape index (κ1) is 43.8. The van der Waals surface area contributed by atoms with Crippen LogP contribution in [0.2, 0.25) is 0 Å². The summed E-state index contributed by atoms with van der Waals surface area (Å²) in [4.78, 5) is 52.9. The maximum Gasteiger partial charge on any atom is 0.408 e. The fraction of sp³-hybridized carbons (Fsp3) is 0.750. The SMILES string of the molecule is [3H]CSCOC(=O)N[C@@H](C=C(C)C)[C@@H](O)C(=O)O[C@H]1C[C@@]2(O)[C@@H](OC(C)=O)[C@@H]3[C@]4(O)CO[C@@H]4C[C@H](O)[C@@]3(C)C(=O)[C@H](O)C(=C1C)C2(C)C.[Ac].[Ac]. The standard InChI is InChI=1S/C32H47NO13S.2Ac/c1-14(2)9-17(33-28(40)44-13-47-8)22(36)27(39)46-18-11-32(42)26(45-16(4)34)24-30(7,19(35)10-20-31(24,41)12-43-20)25(38)23(37)21(15(18)3)29(32,5)6;;/h9,17-20,22-24,26,35-37,41-42H,10-13H2,1-8H3,(H,33,40);;/t17-,18-,19-,20+,22+,23+,24-,26-,30+,31-,32+;;/m0../s1/i8T;;. The van der Waals surface area contributed by atoms with E-state index in [2.05, 4.69) is 5.32 Å². The summed E-state index contributed by atoms with van der Waals surface area (Å²) in [5, 5.41) is 61.3. The van der Waals surface area contributed by atoms with Gasteiger partial charge in [0.05, 0.1) is 30.3 Å². The van der Waals surface area contributed by atoms with Crippen LogP contribution in [-0.2, 0) is 33.3 Å². The number of thioether (sulfide) groups is 1. The third-order valence-electron chi connectivity index (χ3n) is 10.6. The van der Waals surface area contributed by atoms with Crippen molar-refractivity contribution in [2.24, 2.45) is 16.7 Å². The number of hydrogen-bond donors (Lipinski definition) is 6. The van der Waals surface area contributed by atoms with Gasteiger partial charge in [-0.05, 0) is 45.1 Å². The van der Waals surface area contributed by atoms with Crippen LogP contribution in [-0.4, -0.2) is 122 Å². The van der Waals surface area contributed by atoms with Gasteiger partial charge in [-0.15, -0.1) is 11.8 Å². The molecule has 3 fully saturated rings. The van der Waals surface area contributed by atoms with Crippen molar-refractivity contribution in [1.82, 2.24) is 5.32 Å². The number of carbonyl (C=O) groups excluding carboxylic acids is 4.